The topological polar surface area (TPSA) is 109 Å². The molecule has 0 amide bonds. The second-order valence-corrected chi connectivity index (χ2v) is 5.43. The summed E-state index contributed by atoms with van der Waals surface area (Å²) < 4.78 is 0. The molecule has 0 aliphatic carbocycles. The highest BCUT2D eigenvalue weighted by Gasteiger charge is 2.10. The van der Waals surface area contributed by atoms with E-state index in [1.54, 1.807) is 0 Å². The minimum Gasteiger partial charge on any atom is -0.395 e. The highest BCUT2D eigenvalue weighted by molar-refractivity contribution is 5.57. The fourth-order valence-electron chi connectivity index (χ4n) is 2.12. The van der Waals surface area contributed by atoms with Crippen LogP contribution < -0.4 is 10.9 Å². The summed E-state index contributed by atoms with van der Waals surface area (Å²) in [6.07, 6.45) is 9.08. The van der Waals surface area contributed by atoms with Gasteiger partial charge in [0.2, 0.25) is 0 Å². The van der Waals surface area contributed by atoms with Gasteiger partial charge >= 0.3 is 0 Å². The molecule has 0 aromatic heterocycles. The number of nitriles is 2. The van der Waals surface area contributed by atoms with Crippen molar-refractivity contribution in [2.75, 3.05) is 6.61 Å². The van der Waals surface area contributed by atoms with Crippen molar-refractivity contribution in [2.24, 2.45) is 0 Å². The maximum atomic E-state index is 11.0. The van der Waals surface area contributed by atoms with E-state index in [2.05, 4.69) is 23.0 Å². The van der Waals surface area contributed by atoms with Gasteiger partial charge in [-0.15, -0.1) is 0 Å². The van der Waals surface area contributed by atoms with E-state index in [0.29, 0.717) is 12.8 Å². The highest BCUT2D eigenvalue weighted by Crippen LogP contribution is 2.06. The normalized spacial score (nSPS) is 13.0. The van der Waals surface area contributed by atoms with Crippen molar-refractivity contribution in [3.05, 3.63) is 0 Å². The molecule has 0 rings (SSSR count). The summed E-state index contributed by atoms with van der Waals surface area (Å²) in [7, 11) is 0. The average Bonchev–Trinajstić information content (AvgIpc) is 2.55. The Balaban J connectivity index is 3.75. The molecule has 0 aromatic carbocycles. The van der Waals surface area contributed by atoms with Crippen LogP contribution in [-0.2, 0) is 4.79 Å². The number of aliphatic hydroxyl groups excluding tert-OH is 1. The van der Waals surface area contributed by atoms with E-state index in [-0.39, 0.29) is 18.7 Å². The van der Waals surface area contributed by atoms with Crippen molar-refractivity contribution in [2.45, 2.75) is 76.3 Å². The van der Waals surface area contributed by atoms with Crippen LogP contribution in [-0.4, -0.2) is 30.1 Å². The van der Waals surface area contributed by atoms with E-state index in [1.165, 1.54) is 0 Å². The monoisotopic (exact) mass is 308 g/mol. The summed E-state index contributed by atoms with van der Waals surface area (Å²) in [5.41, 5.74) is 5.98. The summed E-state index contributed by atoms with van der Waals surface area (Å²) in [5.74, 6) is 0. The van der Waals surface area contributed by atoms with Crippen LogP contribution in [0.1, 0.15) is 64.2 Å². The second-order valence-electron chi connectivity index (χ2n) is 5.43. The Kier molecular flexibility index (Phi) is 14.8. The lowest BCUT2D eigenvalue weighted by molar-refractivity contribution is -0.110. The molecule has 2 atom stereocenters. The lowest BCUT2D eigenvalue weighted by Crippen LogP contribution is -2.48. The lowest BCUT2D eigenvalue weighted by Gasteiger charge is -2.20. The Morgan fingerprint density at radius 3 is 2.00 bits per heavy atom. The van der Waals surface area contributed by atoms with Crippen molar-refractivity contribution in [1.29, 1.82) is 10.5 Å². The first-order valence-corrected chi connectivity index (χ1v) is 8.09. The number of hydrazine groups is 1. The quantitative estimate of drug-likeness (QED) is 0.242. The number of carbonyl (C=O) groups excluding carboxylic acids is 1. The van der Waals surface area contributed by atoms with Gasteiger partial charge in [0.05, 0.1) is 24.8 Å². The summed E-state index contributed by atoms with van der Waals surface area (Å²) in [6.45, 7) is 0.0129. The van der Waals surface area contributed by atoms with Gasteiger partial charge in [0.15, 0.2) is 0 Å². The summed E-state index contributed by atoms with van der Waals surface area (Å²) in [6, 6.07) is 3.87. The predicted molar refractivity (Wildman–Crippen MR) is 84.4 cm³/mol. The number of hydrogen-bond acceptors (Lipinski definition) is 6. The molecular formula is C16H28N4O2. The number of hydrogen-bond donors (Lipinski definition) is 3. The summed E-state index contributed by atoms with van der Waals surface area (Å²) in [4.78, 5) is 11.0. The van der Waals surface area contributed by atoms with Crippen LogP contribution in [0.25, 0.3) is 0 Å². The number of aldehydes is 1. The molecule has 22 heavy (non-hydrogen) atoms. The SMILES string of the molecule is N#CCCCCCC(C=O)NNC(CO)CCCCCC#N. The predicted octanol–water partition coefficient (Wildman–Crippen LogP) is 1.96. The maximum absolute atomic E-state index is 11.0. The highest BCUT2D eigenvalue weighted by atomic mass is 16.3. The zero-order valence-electron chi connectivity index (χ0n) is 13.3. The molecule has 0 radical (unpaired) electrons. The Morgan fingerprint density at radius 2 is 1.50 bits per heavy atom. The molecule has 0 bridgehead atoms. The number of carbonyl (C=O) groups is 1. The molecule has 124 valence electrons. The van der Waals surface area contributed by atoms with E-state index < -0.39 is 0 Å². The van der Waals surface area contributed by atoms with Gasteiger partial charge in [-0.05, 0) is 25.7 Å². The molecule has 0 saturated heterocycles. The zero-order valence-corrected chi connectivity index (χ0v) is 13.3. The third-order valence-electron chi connectivity index (χ3n) is 3.50. The van der Waals surface area contributed by atoms with Crippen molar-refractivity contribution >= 4 is 6.29 Å². The maximum Gasteiger partial charge on any atom is 0.138 e. The molecule has 0 aliphatic heterocycles. The minimum absolute atomic E-state index is 0.0129. The third kappa shape index (κ3) is 12.3. The van der Waals surface area contributed by atoms with Crippen LogP contribution in [0.5, 0.6) is 0 Å². The van der Waals surface area contributed by atoms with Gasteiger partial charge in [-0.3, -0.25) is 5.43 Å². The standard InChI is InChI=1S/C16H28N4O2/c17-11-7-3-1-5-9-15(13-21)19-20-16(14-22)10-6-2-4-8-12-18/h13,15-16,19-20,22H,1-10,14H2. The first-order chi connectivity index (χ1) is 10.8. The second kappa shape index (κ2) is 15.9. The zero-order chi connectivity index (χ0) is 16.5. The molecule has 6 heteroatoms. The van der Waals surface area contributed by atoms with Gasteiger partial charge in [0.25, 0.3) is 0 Å². The van der Waals surface area contributed by atoms with Crippen LogP contribution in [0.15, 0.2) is 0 Å². The molecule has 0 heterocycles. The molecule has 3 N–H and O–H groups in total. The summed E-state index contributed by atoms with van der Waals surface area (Å²) >= 11 is 0. The van der Waals surface area contributed by atoms with Crippen LogP contribution in [0.4, 0.5) is 0 Å². The molecule has 0 saturated carbocycles. The molecule has 0 aliphatic rings. The fourth-order valence-corrected chi connectivity index (χ4v) is 2.12. The van der Waals surface area contributed by atoms with Gasteiger partial charge < -0.3 is 9.90 Å². The number of nitrogens with zero attached hydrogens (tertiary/aromatic N) is 2. The minimum atomic E-state index is -0.269. The van der Waals surface area contributed by atoms with Gasteiger partial charge in [0, 0.05) is 18.9 Å². The number of unbranched alkanes of at least 4 members (excludes halogenated alkanes) is 6. The van der Waals surface area contributed by atoms with Crippen molar-refractivity contribution in [1.82, 2.24) is 10.9 Å². The largest absolute Gasteiger partial charge is 0.395 e. The molecule has 2 unspecified atom stereocenters. The van der Waals surface area contributed by atoms with Gasteiger partial charge in [-0.1, -0.05) is 25.7 Å². The van der Waals surface area contributed by atoms with Crippen molar-refractivity contribution in [3.8, 4) is 12.1 Å². The number of rotatable bonds is 15. The summed E-state index contributed by atoms with van der Waals surface area (Å²) in [5, 5.41) is 26.2. The van der Waals surface area contributed by atoms with E-state index >= 15 is 0 Å². The number of aliphatic hydroxyl groups is 1. The van der Waals surface area contributed by atoms with E-state index in [0.717, 1.165) is 57.7 Å². The number of nitrogens with one attached hydrogen (secondary N) is 2. The molecular weight excluding hydrogens is 280 g/mol. The first-order valence-electron chi connectivity index (χ1n) is 8.09. The van der Waals surface area contributed by atoms with Crippen LogP contribution >= 0.6 is 0 Å². The molecule has 0 aromatic rings. The smallest absolute Gasteiger partial charge is 0.138 e. The lowest BCUT2D eigenvalue weighted by atomic mass is 10.1. The first kappa shape index (κ1) is 20.5. The van der Waals surface area contributed by atoms with Crippen molar-refractivity contribution in [3.63, 3.8) is 0 Å². The Bertz CT molecular complexity index is 349. The molecule has 0 fully saturated rings. The Morgan fingerprint density at radius 1 is 0.909 bits per heavy atom. The van der Waals surface area contributed by atoms with E-state index in [1.807, 2.05) is 0 Å². The van der Waals surface area contributed by atoms with Gasteiger partial charge in [0.1, 0.15) is 6.29 Å². The molecule has 0 spiro atoms. The Labute approximate surface area is 133 Å². The Hall–Kier alpha value is -1.47. The van der Waals surface area contributed by atoms with E-state index in [9.17, 15) is 9.90 Å². The van der Waals surface area contributed by atoms with E-state index in [4.69, 9.17) is 10.5 Å². The van der Waals surface area contributed by atoms with Gasteiger partial charge in [-0.25, -0.2) is 5.43 Å². The van der Waals surface area contributed by atoms with Crippen LogP contribution in [0, 0.1) is 22.7 Å². The molecule has 6 nitrogen and oxygen atoms in total. The van der Waals surface area contributed by atoms with Crippen LogP contribution in [0.2, 0.25) is 0 Å². The van der Waals surface area contributed by atoms with Gasteiger partial charge in [-0.2, -0.15) is 10.5 Å². The van der Waals surface area contributed by atoms with Crippen LogP contribution in [0.3, 0.4) is 0 Å². The fraction of sp³-hybridized carbons (Fsp3) is 0.812. The average molecular weight is 308 g/mol. The van der Waals surface area contributed by atoms with Crippen molar-refractivity contribution < 1.29 is 9.90 Å². The third-order valence-corrected chi connectivity index (χ3v) is 3.50.